The molecule has 0 bridgehead atoms. The van der Waals surface area contributed by atoms with Crippen LogP contribution in [0.2, 0.25) is 10.0 Å². The van der Waals surface area contributed by atoms with Gasteiger partial charge in [0, 0.05) is 42.8 Å². The van der Waals surface area contributed by atoms with Crippen molar-refractivity contribution in [3.05, 3.63) is 40.4 Å². The minimum atomic E-state index is 0. The Kier molecular flexibility index (Phi) is 9.70. The van der Waals surface area contributed by atoms with Crippen LogP contribution in [0.15, 0.2) is 24.8 Å². The molecule has 3 nitrogen and oxygen atoms in total. The molecule has 0 saturated carbocycles. The summed E-state index contributed by atoms with van der Waals surface area (Å²) in [6, 6.07) is 3.27. The first-order chi connectivity index (χ1) is 9.13. The lowest BCUT2D eigenvalue weighted by Gasteiger charge is -2.35. The van der Waals surface area contributed by atoms with Crippen molar-refractivity contribution in [3.63, 3.8) is 0 Å². The lowest BCUT2D eigenvalue weighted by Crippen LogP contribution is -2.45. The number of halogens is 4. The van der Waals surface area contributed by atoms with Crippen molar-refractivity contribution in [2.24, 2.45) is 0 Å². The standard InChI is InChI=1S/C14H18Cl2N2O.2ClH/c1-2-3-12(18-6-4-17-5-7-18)14-11(16)8-10(15)9-13(14)19;;/h2,8-9,12,17,19H,1,3-7H2;2*1H/t12-;;/m1../s1. The maximum absolute atomic E-state index is 10.2. The van der Waals surface area contributed by atoms with Crippen molar-refractivity contribution >= 4 is 48.0 Å². The van der Waals surface area contributed by atoms with Gasteiger partial charge in [0.05, 0.1) is 5.02 Å². The molecular formula is C14H20Cl4N2O. The van der Waals surface area contributed by atoms with Gasteiger partial charge in [0.1, 0.15) is 5.75 Å². The van der Waals surface area contributed by atoms with Gasteiger partial charge in [-0.1, -0.05) is 29.3 Å². The summed E-state index contributed by atoms with van der Waals surface area (Å²) in [6.45, 7) is 7.55. The van der Waals surface area contributed by atoms with Gasteiger partial charge in [0.15, 0.2) is 0 Å². The fourth-order valence-corrected chi connectivity index (χ4v) is 3.11. The van der Waals surface area contributed by atoms with Crippen molar-refractivity contribution in [2.45, 2.75) is 12.5 Å². The number of nitrogens with one attached hydrogen (secondary N) is 1. The van der Waals surface area contributed by atoms with Gasteiger partial charge in [-0.05, 0) is 18.6 Å². The molecule has 1 aromatic rings. The molecule has 1 atom stereocenters. The molecule has 1 saturated heterocycles. The summed E-state index contributed by atoms with van der Waals surface area (Å²) in [7, 11) is 0. The van der Waals surface area contributed by atoms with Crippen molar-refractivity contribution in [1.29, 1.82) is 0 Å². The quantitative estimate of drug-likeness (QED) is 0.781. The van der Waals surface area contributed by atoms with E-state index in [9.17, 15) is 5.11 Å². The van der Waals surface area contributed by atoms with Crippen molar-refractivity contribution < 1.29 is 5.11 Å². The highest BCUT2D eigenvalue weighted by molar-refractivity contribution is 6.35. The van der Waals surface area contributed by atoms with E-state index in [2.05, 4.69) is 16.8 Å². The normalized spacial score (nSPS) is 16.5. The fraction of sp³-hybridized carbons (Fsp3) is 0.429. The second kappa shape index (κ2) is 9.78. The first-order valence-electron chi connectivity index (χ1n) is 6.37. The second-order valence-corrected chi connectivity index (χ2v) is 5.49. The second-order valence-electron chi connectivity index (χ2n) is 4.65. The van der Waals surface area contributed by atoms with Crippen LogP contribution in [0.3, 0.4) is 0 Å². The zero-order chi connectivity index (χ0) is 13.8. The molecule has 1 aliphatic rings. The first kappa shape index (κ1) is 20.8. The fourth-order valence-electron chi connectivity index (χ4n) is 2.50. The van der Waals surface area contributed by atoms with Crippen molar-refractivity contribution in [3.8, 4) is 5.75 Å². The van der Waals surface area contributed by atoms with Crippen LogP contribution in [0.5, 0.6) is 5.75 Å². The molecule has 7 heteroatoms. The third-order valence-corrected chi connectivity index (χ3v) is 3.92. The molecule has 0 aliphatic carbocycles. The van der Waals surface area contributed by atoms with Gasteiger partial charge in [0.25, 0.3) is 0 Å². The zero-order valence-corrected chi connectivity index (χ0v) is 14.7. The van der Waals surface area contributed by atoms with Crippen molar-refractivity contribution in [1.82, 2.24) is 10.2 Å². The molecule has 1 aromatic carbocycles. The van der Waals surface area contributed by atoms with Crippen LogP contribution in [-0.4, -0.2) is 36.2 Å². The number of aromatic hydroxyl groups is 1. The Labute approximate surface area is 148 Å². The number of rotatable bonds is 4. The molecule has 2 rings (SSSR count). The van der Waals surface area contributed by atoms with Crippen LogP contribution >= 0.6 is 48.0 Å². The number of piperazine rings is 1. The highest BCUT2D eigenvalue weighted by atomic mass is 35.5. The Bertz CT molecular complexity index is 441. The third kappa shape index (κ3) is 5.20. The largest absolute Gasteiger partial charge is 0.508 e. The van der Waals surface area contributed by atoms with Crippen LogP contribution < -0.4 is 5.32 Å². The Balaban J connectivity index is 0.00000200. The van der Waals surface area contributed by atoms with E-state index in [1.54, 1.807) is 12.1 Å². The number of hydrogen-bond donors (Lipinski definition) is 2. The van der Waals surface area contributed by atoms with Crippen LogP contribution in [0.1, 0.15) is 18.0 Å². The minimum Gasteiger partial charge on any atom is -0.508 e. The van der Waals surface area contributed by atoms with E-state index < -0.39 is 0 Å². The molecule has 1 fully saturated rings. The van der Waals surface area contributed by atoms with E-state index in [0.29, 0.717) is 10.0 Å². The van der Waals surface area contributed by atoms with Gasteiger partial charge < -0.3 is 10.4 Å². The summed E-state index contributed by atoms with van der Waals surface area (Å²) in [6.07, 6.45) is 2.60. The van der Waals surface area contributed by atoms with E-state index in [1.807, 2.05) is 6.08 Å². The van der Waals surface area contributed by atoms with Crippen LogP contribution in [0, 0.1) is 0 Å². The van der Waals surface area contributed by atoms with Gasteiger partial charge in [-0.3, -0.25) is 4.90 Å². The molecule has 0 unspecified atom stereocenters. The summed E-state index contributed by atoms with van der Waals surface area (Å²) in [5.41, 5.74) is 0.743. The van der Waals surface area contributed by atoms with Crippen LogP contribution in [-0.2, 0) is 0 Å². The summed E-state index contributed by atoms with van der Waals surface area (Å²) in [5, 5.41) is 14.4. The highest BCUT2D eigenvalue weighted by Crippen LogP contribution is 2.39. The molecule has 1 aliphatic heterocycles. The smallest absolute Gasteiger partial charge is 0.123 e. The lowest BCUT2D eigenvalue weighted by molar-refractivity contribution is 0.172. The third-order valence-electron chi connectivity index (χ3n) is 3.39. The van der Waals surface area contributed by atoms with Gasteiger partial charge in [-0.25, -0.2) is 0 Å². The number of phenols is 1. The van der Waals surface area contributed by atoms with Crippen LogP contribution in [0.4, 0.5) is 0 Å². The molecule has 0 aromatic heterocycles. The predicted molar refractivity (Wildman–Crippen MR) is 94.6 cm³/mol. The molecule has 1 heterocycles. The first-order valence-corrected chi connectivity index (χ1v) is 7.12. The van der Waals surface area contributed by atoms with Gasteiger partial charge in [-0.15, -0.1) is 31.4 Å². The zero-order valence-electron chi connectivity index (χ0n) is 11.5. The monoisotopic (exact) mass is 372 g/mol. The molecular weight excluding hydrogens is 354 g/mol. The van der Waals surface area contributed by atoms with E-state index in [-0.39, 0.29) is 36.6 Å². The summed E-state index contributed by atoms with van der Waals surface area (Å²) >= 11 is 12.2. The number of benzene rings is 1. The average molecular weight is 374 g/mol. The maximum atomic E-state index is 10.2. The minimum absolute atomic E-state index is 0. The summed E-state index contributed by atoms with van der Waals surface area (Å²) < 4.78 is 0. The molecule has 0 spiro atoms. The Morgan fingerprint density at radius 2 is 1.90 bits per heavy atom. The lowest BCUT2D eigenvalue weighted by atomic mass is 10.00. The van der Waals surface area contributed by atoms with E-state index >= 15 is 0 Å². The predicted octanol–water partition coefficient (Wildman–Crippen LogP) is 4.07. The molecule has 2 N–H and O–H groups in total. The summed E-state index contributed by atoms with van der Waals surface area (Å²) in [4.78, 5) is 2.31. The van der Waals surface area contributed by atoms with E-state index in [4.69, 9.17) is 23.2 Å². The van der Waals surface area contributed by atoms with Gasteiger partial charge in [-0.2, -0.15) is 0 Å². The Morgan fingerprint density at radius 3 is 2.43 bits per heavy atom. The van der Waals surface area contributed by atoms with Crippen molar-refractivity contribution in [2.75, 3.05) is 26.2 Å². The number of nitrogens with zero attached hydrogens (tertiary/aromatic N) is 1. The topological polar surface area (TPSA) is 35.5 Å². The van der Waals surface area contributed by atoms with Gasteiger partial charge >= 0.3 is 0 Å². The van der Waals surface area contributed by atoms with Crippen LogP contribution in [0.25, 0.3) is 0 Å². The highest BCUT2D eigenvalue weighted by Gasteiger charge is 2.25. The number of phenolic OH excluding ortho intramolecular Hbond substituents is 1. The number of hydrogen-bond acceptors (Lipinski definition) is 3. The molecule has 0 radical (unpaired) electrons. The molecule has 21 heavy (non-hydrogen) atoms. The van der Waals surface area contributed by atoms with E-state index in [0.717, 1.165) is 38.2 Å². The molecule has 0 amide bonds. The van der Waals surface area contributed by atoms with Gasteiger partial charge in [0.2, 0.25) is 0 Å². The SMILES string of the molecule is C=CC[C@H](c1c(O)cc(Cl)cc1Cl)N1CCNCC1.Cl.Cl. The maximum Gasteiger partial charge on any atom is 0.123 e. The molecule has 120 valence electrons. The Morgan fingerprint density at radius 1 is 1.29 bits per heavy atom. The average Bonchev–Trinajstić information content (AvgIpc) is 2.37. The Hall–Kier alpha value is -0.160. The summed E-state index contributed by atoms with van der Waals surface area (Å²) in [5.74, 6) is 0.155. The van der Waals surface area contributed by atoms with E-state index in [1.165, 1.54) is 0 Å².